The van der Waals surface area contributed by atoms with E-state index in [-0.39, 0.29) is 0 Å². The van der Waals surface area contributed by atoms with Gasteiger partial charge in [0, 0.05) is 11.1 Å². The van der Waals surface area contributed by atoms with Crippen molar-refractivity contribution in [2.45, 2.75) is 10.8 Å². The summed E-state index contributed by atoms with van der Waals surface area (Å²) in [5.41, 5.74) is 16.6. The fourth-order valence-electron chi connectivity index (χ4n) is 10.4. The molecule has 0 atom stereocenters. The van der Waals surface area contributed by atoms with Crippen molar-refractivity contribution in [3.63, 3.8) is 0 Å². The first-order valence-corrected chi connectivity index (χ1v) is 19.2. The van der Waals surface area contributed by atoms with Crippen molar-refractivity contribution in [1.82, 2.24) is 0 Å². The van der Waals surface area contributed by atoms with Crippen LogP contribution >= 0.6 is 0 Å². The zero-order chi connectivity index (χ0) is 36.1. The minimum absolute atomic E-state index is 0.426. The second-order valence-corrected chi connectivity index (χ2v) is 15.1. The lowest BCUT2D eigenvalue weighted by Crippen LogP contribution is -2.32. The normalized spacial score (nSPS) is 14.6. The summed E-state index contributed by atoms with van der Waals surface area (Å²) in [4.78, 5) is 0. The van der Waals surface area contributed by atoms with E-state index in [2.05, 4.69) is 206 Å². The number of hydrogen-bond donors (Lipinski definition) is 0. The van der Waals surface area contributed by atoms with E-state index >= 15 is 0 Å². The maximum Gasteiger partial charge on any atom is 0.132 e. The smallest absolute Gasteiger partial charge is 0.132 e. The highest BCUT2D eigenvalue weighted by Gasteiger charge is 2.51. The molecule has 1 nitrogen and oxygen atoms in total. The molecule has 0 bridgehead atoms. The molecular weight excluding hydrogens is 665 g/mol. The highest BCUT2D eigenvalue weighted by Crippen LogP contribution is 2.63. The summed E-state index contributed by atoms with van der Waals surface area (Å²) in [6.45, 7) is 0. The van der Waals surface area contributed by atoms with E-state index in [1.165, 1.54) is 88.7 Å². The first-order valence-electron chi connectivity index (χ1n) is 19.2. The van der Waals surface area contributed by atoms with Crippen LogP contribution in [0.4, 0.5) is 0 Å². The zero-order valence-electron chi connectivity index (χ0n) is 30.0. The standard InChI is InChI=1S/C54H34O/c1-3-17-39(18-4-1)53(40-19-5-2-6-20-40)45-24-12-11-23-43(45)44-31-37(27-29-48(44)53)38-28-30-51-49(33-38)54(50-32-35-15-7-8-16-36(35)34-52(50)55-51)46-25-13-9-21-41(46)42-22-10-14-26-47(42)54/h1-34H. The fourth-order valence-corrected chi connectivity index (χ4v) is 10.4. The van der Waals surface area contributed by atoms with Crippen molar-refractivity contribution in [3.05, 3.63) is 251 Å². The quantitative estimate of drug-likeness (QED) is 0.178. The van der Waals surface area contributed by atoms with Crippen LogP contribution in [0.1, 0.15) is 44.5 Å². The SMILES string of the molecule is c1ccc(C2(c3ccccc3)c3ccccc3-c3cc(-c4ccc5c(c4)C4(c6cc7ccccc7cc6O5)c5ccccc5-c5ccccc54)ccc32)cc1. The Kier molecular flexibility index (Phi) is 6.25. The second kappa shape index (κ2) is 11.3. The molecule has 55 heavy (non-hydrogen) atoms. The molecule has 9 aromatic rings. The van der Waals surface area contributed by atoms with Crippen molar-refractivity contribution >= 4 is 10.8 Å². The number of hydrogen-bond acceptors (Lipinski definition) is 1. The number of benzene rings is 9. The third-order valence-electron chi connectivity index (χ3n) is 12.6. The van der Waals surface area contributed by atoms with Gasteiger partial charge in [-0.1, -0.05) is 176 Å². The molecule has 256 valence electrons. The molecule has 1 aliphatic heterocycles. The maximum absolute atomic E-state index is 6.94. The van der Waals surface area contributed by atoms with Gasteiger partial charge in [0.05, 0.1) is 10.8 Å². The van der Waals surface area contributed by atoms with Crippen LogP contribution in [0.3, 0.4) is 0 Å². The molecule has 1 heteroatoms. The molecule has 0 fully saturated rings. The molecule has 3 aliphatic rings. The number of ether oxygens (including phenoxy) is 1. The number of rotatable bonds is 3. The maximum atomic E-state index is 6.94. The lowest BCUT2D eigenvalue weighted by atomic mass is 9.65. The van der Waals surface area contributed by atoms with Gasteiger partial charge in [0.15, 0.2) is 0 Å². The Morgan fingerprint density at radius 1 is 0.273 bits per heavy atom. The molecular formula is C54H34O. The zero-order valence-corrected chi connectivity index (χ0v) is 30.0. The van der Waals surface area contributed by atoms with Crippen LogP contribution in [0.25, 0.3) is 44.2 Å². The largest absolute Gasteiger partial charge is 0.457 e. The molecule has 1 spiro atoms. The van der Waals surface area contributed by atoms with E-state index < -0.39 is 10.8 Å². The van der Waals surface area contributed by atoms with Gasteiger partial charge in [0.1, 0.15) is 11.5 Å². The van der Waals surface area contributed by atoms with Crippen molar-refractivity contribution in [3.8, 4) is 44.9 Å². The summed E-state index contributed by atoms with van der Waals surface area (Å²) in [6.07, 6.45) is 0. The van der Waals surface area contributed by atoms with Crippen LogP contribution in [0.15, 0.2) is 206 Å². The minimum atomic E-state index is -0.546. The topological polar surface area (TPSA) is 9.23 Å². The molecule has 0 aromatic heterocycles. The summed E-state index contributed by atoms with van der Waals surface area (Å²) in [7, 11) is 0. The predicted octanol–water partition coefficient (Wildman–Crippen LogP) is 13.3. The van der Waals surface area contributed by atoms with Crippen LogP contribution in [0, 0.1) is 0 Å². The first kappa shape index (κ1) is 30.5. The van der Waals surface area contributed by atoms with E-state index in [1.54, 1.807) is 0 Å². The Morgan fingerprint density at radius 2 is 0.727 bits per heavy atom. The Labute approximate surface area is 320 Å². The lowest BCUT2D eigenvalue weighted by Gasteiger charge is -2.40. The van der Waals surface area contributed by atoms with Crippen molar-refractivity contribution in [2.24, 2.45) is 0 Å². The van der Waals surface area contributed by atoms with E-state index in [9.17, 15) is 0 Å². The van der Waals surface area contributed by atoms with Crippen molar-refractivity contribution in [2.75, 3.05) is 0 Å². The van der Waals surface area contributed by atoms with Gasteiger partial charge in [0.2, 0.25) is 0 Å². The van der Waals surface area contributed by atoms with Gasteiger partial charge in [-0.3, -0.25) is 0 Å². The molecule has 2 aliphatic carbocycles. The van der Waals surface area contributed by atoms with Crippen LogP contribution in [-0.2, 0) is 10.8 Å². The highest BCUT2D eigenvalue weighted by atomic mass is 16.5. The van der Waals surface area contributed by atoms with Gasteiger partial charge in [-0.05, 0) is 108 Å². The van der Waals surface area contributed by atoms with Gasteiger partial charge < -0.3 is 4.74 Å². The minimum Gasteiger partial charge on any atom is -0.457 e. The number of fused-ring (bicyclic) bond motifs is 13. The average Bonchev–Trinajstić information content (AvgIpc) is 3.72. The molecule has 0 saturated heterocycles. The van der Waals surface area contributed by atoms with Crippen LogP contribution in [0.5, 0.6) is 11.5 Å². The molecule has 0 amide bonds. The van der Waals surface area contributed by atoms with Gasteiger partial charge in [-0.15, -0.1) is 0 Å². The van der Waals surface area contributed by atoms with Gasteiger partial charge in [-0.25, -0.2) is 0 Å². The van der Waals surface area contributed by atoms with E-state index in [1.807, 2.05) is 0 Å². The van der Waals surface area contributed by atoms with Crippen LogP contribution in [0.2, 0.25) is 0 Å². The molecule has 0 unspecified atom stereocenters. The Morgan fingerprint density at radius 3 is 1.36 bits per heavy atom. The lowest BCUT2D eigenvalue weighted by molar-refractivity contribution is 0.437. The van der Waals surface area contributed by atoms with E-state index in [4.69, 9.17) is 4.74 Å². The van der Waals surface area contributed by atoms with E-state index in [0.717, 1.165) is 11.5 Å². The molecule has 0 radical (unpaired) electrons. The van der Waals surface area contributed by atoms with Crippen LogP contribution < -0.4 is 4.74 Å². The Balaban J connectivity index is 1.11. The Bertz CT molecular complexity index is 2930. The fraction of sp³-hybridized carbons (Fsp3) is 0.0370. The third-order valence-corrected chi connectivity index (χ3v) is 12.6. The van der Waals surface area contributed by atoms with Crippen molar-refractivity contribution in [1.29, 1.82) is 0 Å². The van der Waals surface area contributed by atoms with Gasteiger partial charge in [0.25, 0.3) is 0 Å². The highest BCUT2D eigenvalue weighted by molar-refractivity contribution is 5.94. The molecule has 12 rings (SSSR count). The van der Waals surface area contributed by atoms with Gasteiger partial charge >= 0.3 is 0 Å². The summed E-state index contributed by atoms with van der Waals surface area (Å²) in [6, 6.07) is 76.2. The predicted molar refractivity (Wildman–Crippen MR) is 224 cm³/mol. The molecule has 9 aromatic carbocycles. The summed E-state index contributed by atoms with van der Waals surface area (Å²) in [5, 5.41) is 2.39. The van der Waals surface area contributed by atoms with Crippen molar-refractivity contribution < 1.29 is 4.74 Å². The molecule has 1 heterocycles. The average molecular weight is 699 g/mol. The first-order chi connectivity index (χ1) is 27.3. The molecule has 0 N–H and O–H groups in total. The van der Waals surface area contributed by atoms with Gasteiger partial charge in [-0.2, -0.15) is 0 Å². The third kappa shape index (κ3) is 3.97. The van der Waals surface area contributed by atoms with Crippen LogP contribution in [-0.4, -0.2) is 0 Å². The summed E-state index contributed by atoms with van der Waals surface area (Å²) < 4.78 is 6.94. The monoisotopic (exact) mass is 698 g/mol. The Hall–Kier alpha value is -6.96. The van der Waals surface area contributed by atoms with E-state index in [0.29, 0.717) is 0 Å². The second-order valence-electron chi connectivity index (χ2n) is 15.1. The summed E-state index contributed by atoms with van der Waals surface area (Å²) in [5.74, 6) is 1.81. The summed E-state index contributed by atoms with van der Waals surface area (Å²) >= 11 is 0. The molecule has 0 saturated carbocycles.